The van der Waals surface area contributed by atoms with Gasteiger partial charge in [0.25, 0.3) is 5.91 Å². The molecule has 1 aliphatic rings. The fourth-order valence-electron chi connectivity index (χ4n) is 2.72. The van der Waals surface area contributed by atoms with Crippen LogP contribution in [0.2, 0.25) is 5.02 Å². The van der Waals surface area contributed by atoms with E-state index >= 15 is 0 Å². The summed E-state index contributed by atoms with van der Waals surface area (Å²) in [6.45, 7) is 2.28. The number of carbonyl (C=O) groups is 2. The molecule has 1 atom stereocenters. The number of anilines is 1. The van der Waals surface area contributed by atoms with Gasteiger partial charge in [-0.25, -0.2) is 9.69 Å². The van der Waals surface area contributed by atoms with Gasteiger partial charge in [-0.05, 0) is 43.2 Å². The second-order valence-corrected chi connectivity index (χ2v) is 5.97. The number of rotatable bonds is 4. The third-order valence-electron chi connectivity index (χ3n) is 4.05. The Hall–Kier alpha value is -2.33. The van der Waals surface area contributed by atoms with Crippen molar-refractivity contribution in [3.05, 3.63) is 65.2 Å². The zero-order chi connectivity index (χ0) is 16.4. The number of imide groups is 1. The minimum absolute atomic E-state index is 0.203. The van der Waals surface area contributed by atoms with Gasteiger partial charge in [0, 0.05) is 11.6 Å². The van der Waals surface area contributed by atoms with Crippen LogP contribution in [0.1, 0.15) is 12.5 Å². The van der Waals surface area contributed by atoms with Gasteiger partial charge in [-0.2, -0.15) is 0 Å². The van der Waals surface area contributed by atoms with Crippen molar-refractivity contribution in [3.63, 3.8) is 0 Å². The second kappa shape index (κ2) is 6.42. The van der Waals surface area contributed by atoms with Gasteiger partial charge >= 0.3 is 6.03 Å². The summed E-state index contributed by atoms with van der Waals surface area (Å²) < 4.78 is 0. The molecule has 1 aliphatic heterocycles. The van der Waals surface area contributed by atoms with Gasteiger partial charge in [0.2, 0.25) is 0 Å². The Kier molecular flexibility index (Phi) is 4.35. The van der Waals surface area contributed by atoms with E-state index in [1.807, 2.05) is 30.3 Å². The first kappa shape index (κ1) is 15.6. The van der Waals surface area contributed by atoms with E-state index < -0.39 is 6.04 Å². The van der Waals surface area contributed by atoms with Gasteiger partial charge in [-0.3, -0.25) is 4.79 Å². The zero-order valence-electron chi connectivity index (χ0n) is 12.8. The molecular formula is C18H17ClN2O2. The number of urea groups is 1. The van der Waals surface area contributed by atoms with Crippen LogP contribution in [0, 0.1) is 0 Å². The molecule has 0 bridgehead atoms. The molecule has 118 valence electrons. The van der Waals surface area contributed by atoms with Gasteiger partial charge in [-0.1, -0.05) is 41.9 Å². The molecule has 0 unspecified atom stereocenters. The molecule has 4 nitrogen and oxygen atoms in total. The Morgan fingerprint density at radius 1 is 1.00 bits per heavy atom. The molecule has 1 fully saturated rings. The molecule has 0 aromatic heterocycles. The fourth-order valence-corrected chi connectivity index (χ4v) is 2.85. The van der Waals surface area contributed by atoms with Gasteiger partial charge in [-0.15, -0.1) is 0 Å². The van der Waals surface area contributed by atoms with Crippen LogP contribution < -0.4 is 4.90 Å². The molecule has 0 saturated carbocycles. The maximum Gasteiger partial charge on any atom is 0.332 e. The zero-order valence-corrected chi connectivity index (χ0v) is 13.5. The average molecular weight is 329 g/mol. The van der Waals surface area contributed by atoms with Crippen LogP contribution in [-0.2, 0) is 11.2 Å². The van der Waals surface area contributed by atoms with Gasteiger partial charge in [0.1, 0.15) is 6.04 Å². The lowest BCUT2D eigenvalue weighted by Gasteiger charge is -2.19. The monoisotopic (exact) mass is 328 g/mol. The Morgan fingerprint density at radius 3 is 2.30 bits per heavy atom. The number of amides is 3. The third kappa shape index (κ3) is 3.08. The molecule has 0 aliphatic carbocycles. The van der Waals surface area contributed by atoms with Crippen molar-refractivity contribution in [1.82, 2.24) is 4.90 Å². The number of hydrogen-bond donors (Lipinski definition) is 0. The highest BCUT2D eigenvalue weighted by atomic mass is 35.5. The predicted octanol–water partition coefficient (Wildman–Crippen LogP) is 3.74. The van der Waals surface area contributed by atoms with Crippen molar-refractivity contribution < 1.29 is 9.59 Å². The Bertz CT molecular complexity index is 716. The van der Waals surface area contributed by atoms with E-state index in [-0.39, 0.29) is 11.9 Å². The molecule has 3 rings (SSSR count). The van der Waals surface area contributed by atoms with Crippen LogP contribution in [0.25, 0.3) is 0 Å². The van der Waals surface area contributed by atoms with E-state index in [0.717, 1.165) is 12.0 Å². The SMILES string of the molecule is C[C@H]1C(=O)N(c2ccc(Cl)cc2)C(=O)N1CCc1ccccc1. The summed E-state index contributed by atoms with van der Waals surface area (Å²) in [5.74, 6) is -0.203. The largest absolute Gasteiger partial charge is 0.332 e. The Labute approximate surface area is 140 Å². The van der Waals surface area contributed by atoms with Crippen LogP contribution in [0.5, 0.6) is 0 Å². The van der Waals surface area contributed by atoms with Crippen molar-refractivity contribution in [2.24, 2.45) is 0 Å². The van der Waals surface area contributed by atoms with Crippen molar-refractivity contribution in [3.8, 4) is 0 Å². The molecule has 23 heavy (non-hydrogen) atoms. The van der Waals surface area contributed by atoms with Gasteiger partial charge in [0.05, 0.1) is 5.69 Å². The molecule has 0 radical (unpaired) electrons. The maximum absolute atomic E-state index is 12.6. The third-order valence-corrected chi connectivity index (χ3v) is 4.30. The maximum atomic E-state index is 12.6. The second-order valence-electron chi connectivity index (χ2n) is 5.54. The first-order valence-corrected chi connectivity index (χ1v) is 7.90. The number of carbonyl (C=O) groups excluding carboxylic acids is 2. The summed E-state index contributed by atoms with van der Waals surface area (Å²) in [5.41, 5.74) is 1.70. The predicted molar refractivity (Wildman–Crippen MR) is 90.6 cm³/mol. The van der Waals surface area contributed by atoms with Crippen molar-refractivity contribution in [1.29, 1.82) is 0 Å². The topological polar surface area (TPSA) is 40.6 Å². The summed E-state index contributed by atoms with van der Waals surface area (Å²) in [6.07, 6.45) is 0.721. The minimum Gasteiger partial charge on any atom is -0.312 e. The average Bonchev–Trinajstić information content (AvgIpc) is 2.78. The van der Waals surface area contributed by atoms with E-state index in [1.165, 1.54) is 4.90 Å². The van der Waals surface area contributed by atoms with Crippen molar-refractivity contribution >= 4 is 29.2 Å². The quantitative estimate of drug-likeness (QED) is 0.802. The summed E-state index contributed by atoms with van der Waals surface area (Å²) in [4.78, 5) is 27.9. The van der Waals surface area contributed by atoms with Crippen LogP contribution in [0.15, 0.2) is 54.6 Å². The smallest absolute Gasteiger partial charge is 0.312 e. The number of hydrogen-bond acceptors (Lipinski definition) is 2. The van der Waals surface area contributed by atoms with E-state index in [1.54, 1.807) is 36.1 Å². The normalized spacial score (nSPS) is 17.9. The van der Waals surface area contributed by atoms with Gasteiger partial charge in [0.15, 0.2) is 0 Å². The molecule has 1 heterocycles. The summed E-state index contributed by atoms with van der Waals surface area (Å²) in [6, 6.07) is 15.9. The number of halogens is 1. The molecule has 3 amide bonds. The van der Waals surface area contributed by atoms with E-state index in [4.69, 9.17) is 11.6 Å². The highest BCUT2D eigenvalue weighted by Crippen LogP contribution is 2.26. The molecule has 2 aromatic carbocycles. The van der Waals surface area contributed by atoms with Crippen LogP contribution in [0.4, 0.5) is 10.5 Å². The summed E-state index contributed by atoms with van der Waals surface area (Å²) >= 11 is 5.87. The van der Waals surface area contributed by atoms with Gasteiger partial charge < -0.3 is 4.90 Å². The lowest BCUT2D eigenvalue weighted by molar-refractivity contribution is -0.119. The highest BCUT2D eigenvalue weighted by molar-refractivity contribution is 6.30. The Balaban J connectivity index is 1.76. The van der Waals surface area contributed by atoms with E-state index in [2.05, 4.69) is 0 Å². The molecule has 1 saturated heterocycles. The lowest BCUT2D eigenvalue weighted by Crippen LogP contribution is -2.35. The lowest BCUT2D eigenvalue weighted by atomic mass is 10.1. The van der Waals surface area contributed by atoms with Crippen LogP contribution in [0.3, 0.4) is 0 Å². The van der Waals surface area contributed by atoms with Crippen molar-refractivity contribution in [2.45, 2.75) is 19.4 Å². The molecular weight excluding hydrogens is 312 g/mol. The van der Waals surface area contributed by atoms with Crippen molar-refractivity contribution in [2.75, 3.05) is 11.4 Å². The summed E-state index contributed by atoms with van der Waals surface area (Å²) in [7, 11) is 0. The number of nitrogens with zero attached hydrogens (tertiary/aromatic N) is 2. The molecule has 0 N–H and O–H groups in total. The first-order valence-electron chi connectivity index (χ1n) is 7.52. The fraction of sp³-hybridized carbons (Fsp3) is 0.222. The van der Waals surface area contributed by atoms with E-state index in [9.17, 15) is 9.59 Å². The molecule has 2 aromatic rings. The highest BCUT2D eigenvalue weighted by Gasteiger charge is 2.42. The number of benzene rings is 2. The molecule has 0 spiro atoms. The van der Waals surface area contributed by atoms with E-state index in [0.29, 0.717) is 17.3 Å². The summed E-state index contributed by atoms with van der Waals surface area (Å²) in [5, 5.41) is 0.571. The van der Waals surface area contributed by atoms with Crippen LogP contribution in [-0.4, -0.2) is 29.4 Å². The van der Waals surface area contributed by atoms with Crippen LogP contribution >= 0.6 is 11.6 Å². The Morgan fingerprint density at radius 2 is 1.65 bits per heavy atom. The first-order chi connectivity index (χ1) is 11.1. The minimum atomic E-state index is -0.457. The molecule has 5 heteroatoms. The standard InChI is InChI=1S/C18H17ClN2O2/c1-13-17(22)21(16-9-7-15(19)8-10-16)18(23)20(13)12-11-14-5-3-2-4-6-14/h2-10,13H,11-12H2,1H3/t13-/m0/s1.